The largest absolute Gasteiger partial charge is 0.368 e. The molecule has 1 aliphatic heterocycles. The van der Waals surface area contributed by atoms with E-state index in [0.29, 0.717) is 6.04 Å². The molecule has 10 heavy (non-hydrogen) atoms. The molecule has 0 saturated carbocycles. The molecule has 3 heteroatoms. The summed E-state index contributed by atoms with van der Waals surface area (Å²) in [7, 11) is 0. The summed E-state index contributed by atoms with van der Waals surface area (Å²) < 4.78 is 0. The Kier molecular flexibility index (Phi) is 2.27. The molecular formula is C7H14N2O. The highest BCUT2D eigenvalue weighted by Crippen LogP contribution is 2.13. The van der Waals surface area contributed by atoms with E-state index in [0.717, 1.165) is 19.3 Å². The monoisotopic (exact) mass is 142 g/mol. The van der Waals surface area contributed by atoms with Gasteiger partial charge in [-0.05, 0) is 19.3 Å². The molecular weight excluding hydrogens is 128 g/mol. The van der Waals surface area contributed by atoms with Crippen LogP contribution >= 0.6 is 0 Å². The van der Waals surface area contributed by atoms with Gasteiger partial charge in [-0.2, -0.15) is 0 Å². The first kappa shape index (κ1) is 7.54. The van der Waals surface area contributed by atoms with Crippen molar-refractivity contribution in [3.63, 3.8) is 0 Å². The van der Waals surface area contributed by atoms with Crippen molar-refractivity contribution in [2.24, 2.45) is 5.73 Å². The van der Waals surface area contributed by atoms with Crippen LogP contribution in [0.15, 0.2) is 0 Å². The van der Waals surface area contributed by atoms with Crippen molar-refractivity contribution in [3.8, 4) is 0 Å². The molecule has 0 aromatic heterocycles. The van der Waals surface area contributed by atoms with Crippen LogP contribution in [0.1, 0.15) is 26.2 Å². The van der Waals surface area contributed by atoms with Crippen LogP contribution in [-0.2, 0) is 4.79 Å². The van der Waals surface area contributed by atoms with Gasteiger partial charge in [0, 0.05) is 6.04 Å². The van der Waals surface area contributed by atoms with Crippen LogP contribution in [-0.4, -0.2) is 18.0 Å². The lowest BCUT2D eigenvalue weighted by Crippen LogP contribution is -2.39. The van der Waals surface area contributed by atoms with Crippen molar-refractivity contribution < 1.29 is 4.79 Å². The lowest BCUT2D eigenvalue weighted by atomic mass is 10.1. The fourth-order valence-electron chi connectivity index (χ4n) is 1.37. The lowest BCUT2D eigenvalue weighted by molar-refractivity contribution is -0.119. The number of rotatable bonds is 2. The number of hydrogen-bond donors (Lipinski definition) is 2. The lowest BCUT2D eigenvalue weighted by Gasteiger charge is -2.08. The first-order chi connectivity index (χ1) is 4.74. The normalized spacial score (nSPS) is 32.5. The molecule has 1 heterocycles. The smallest absolute Gasteiger partial charge is 0.234 e. The molecule has 1 amide bonds. The van der Waals surface area contributed by atoms with E-state index in [9.17, 15) is 4.79 Å². The number of primary amides is 1. The van der Waals surface area contributed by atoms with Crippen molar-refractivity contribution in [1.82, 2.24) is 5.32 Å². The van der Waals surface area contributed by atoms with Gasteiger partial charge < -0.3 is 11.1 Å². The third-order valence-electron chi connectivity index (χ3n) is 2.08. The maximum absolute atomic E-state index is 10.6. The molecule has 1 saturated heterocycles. The first-order valence-corrected chi connectivity index (χ1v) is 3.79. The SMILES string of the molecule is CC[C@@H]1CC[C@@H](C(N)=O)N1. The minimum atomic E-state index is -0.212. The molecule has 2 atom stereocenters. The Labute approximate surface area is 61.0 Å². The number of amides is 1. The van der Waals surface area contributed by atoms with Gasteiger partial charge in [-0.25, -0.2) is 0 Å². The zero-order chi connectivity index (χ0) is 7.56. The molecule has 0 aliphatic carbocycles. The second-order valence-corrected chi connectivity index (χ2v) is 2.80. The summed E-state index contributed by atoms with van der Waals surface area (Å²) in [5.41, 5.74) is 5.11. The standard InChI is InChI=1S/C7H14N2O/c1-2-5-3-4-6(9-5)7(8)10/h5-6,9H,2-4H2,1H3,(H2,8,10)/t5-,6+/m1/s1. The Balaban J connectivity index is 2.35. The number of nitrogens with two attached hydrogens (primary N) is 1. The zero-order valence-corrected chi connectivity index (χ0v) is 6.26. The highest BCUT2D eigenvalue weighted by Gasteiger charge is 2.25. The highest BCUT2D eigenvalue weighted by molar-refractivity contribution is 5.80. The molecule has 0 aromatic rings. The summed E-state index contributed by atoms with van der Waals surface area (Å²) in [6.45, 7) is 2.11. The van der Waals surface area contributed by atoms with Crippen LogP contribution in [0.25, 0.3) is 0 Å². The van der Waals surface area contributed by atoms with Crippen LogP contribution in [0.3, 0.4) is 0 Å². The minimum Gasteiger partial charge on any atom is -0.368 e. The quantitative estimate of drug-likeness (QED) is 0.570. The summed E-state index contributed by atoms with van der Waals surface area (Å²) in [5, 5.41) is 3.17. The van der Waals surface area contributed by atoms with E-state index < -0.39 is 0 Å². The molecule has 58 valence electrons. The van der Waals surface area contributed by atoms with Gasteiger partial charge >= 0.3 is 0 Å². The minimum absolute atomic E-state index is 0.0649. The maximum Gasteiger partial charge on any atom is 0.234 e. The maximum atomic E-state index is 10.6. The fraction of sp³-hybridized carbons (Fsp3) is 0.857. The summed E-state index contributed by atoms with van der Waals surface area (Å²) in [4.78, 5) is 10.6. The molecule has 0 aromatic carbocycles. The first-order valence-electron chi connectivity index (χ1n) is 3.79. The van der Waals surface area contributed by atoms with Crippen molar-refractivity contribution in [2.45, 2.75) is 38.3 Å². The van der Waals surface area contributed by atoms with Crippen molar-refractivity contribution in [1.29, 1.82) is 0 Å². The van der Waals surface area contributed by atoms with Crippen molar-refractivity contribution in [2.75, 3.05) is 0 Å². The van der Waals surface area contributed by atoms with Gasteiger partial charge in [-0.3, -0.25) is 4.79 Å². The second-order valence-electron chi connectivity index (χ2n) is 2.80. The Morgan fingerprint density at radius 2 is 2.40 bits per heavy atom. The van der Waals surface area contributed by atoms with Gasteiger partial charge in [0.25, 0.3) is 0 Å². The fourth-order valence-corrected chi connectivity index (χ4v) is 1.37. The van der Waals surface area contributed by atoms with Gasteiger partial charge in [-0.15, -0.1) is 0 Å². The number of nitrogens with one attached hydrogen (secondary N) is 1. The van der Waals surface area contributed by atoms with Crippen LogP contribution in [0.5, 0.6) is 0 Å². The average molecular weight is 142 g/mol. The van der Waals surface area contributed by atoms with Gasteiger partial charge in [0.2, 0.25) is 5.91 Å². The Bertz CT molecular complexity index is 136. The van der Waals surface area contributed by atoms with Gasteiger partial charge in [0.15, 0.2) is 0 Å². The van der Waals surface area contributed by atoms with Crippen LogP contribution in [0.4, 0.5) is 0 Å². The van der Waals surface area contributed by atoms with E-state index in [4.69, 9.17) is 5.73 Å². The Hall–Kier alpha value is -0.570. The Morgan fingerprint density at radius 3 is 2.70 bits per heavy atom. The van der Waals surface area contributed by atoms with Crippen molar-refractivity contribution in [3.05, 3.63) is 0 Å². The van der Waals surface area contributed by atoms with Crippen LogP contribution in [0, 0.1) is 0 Å². The van der Waals surface area contributed by atoms with Crippen LogP contribution < -0.4 is 11.1 Å². The van der Waals surface area contributed by atoms with E-state index in [1.165, 1.54) is 0 Å². The van der Waals surface area contributed by atoms with E-state index in [1.807, 2.05) is 0 Å². The summed E-state index contributed by atoms with van der Waals surface area (Å²) in [6, 6.07) is 0.447. The topological polar surface area (TPSA) is 55.1 Å². The predicted octanol–water partition coefficient (Wildman–Crippen LogP) is 0.00230. The van der Waals surface area contributed by atoms with Gasteiger partial charge in [-0.1, -0.05) is 6.92 Å². The van der Waals surface area contributed by atoms with E-state index in [1.54, 1.807) is 0 Å². The molecule has 0 unspecified atom stereocenters. The van der Waals surface area contributed by atoms with E-state index >= 15 is 0 Å². The molecule has 1 aliphatic rings. The van der Waals surface area contributed by atoms with Crippen LogP contribution in [0.2, 0.25) is 0 Å². The highest BCUT2D eigenvalue weighted by atomic mass is 16.1. The molecule has 3 nitrogen and oxygen atoms in total. The zero-order valence-electron chi connectivity index (χ0n) is 6.26. The third-order valence-corrected chi connectivity index (χ3v) is 2.08. The van der Waals surface area contributed by atoms with E-state index in [-0.39, 0.29) is 11.9 Å². The summed E-state index contributed by atoms with van der Waals surface area (Å²) >= 11 is 0. The molecule has 0 radical (unpaired) electrons. The van der Waals surface area contributed by atoms with Gasteiger partial charge in [0.05, 0.1) is 6.04 Å². The van der Waals surface area contributed by atoms with Gasteiger partial charge in [0.1, 0.15) is 0 Å². The molecule has 1 rings (SSSR count). The second kappa shape index (κ2) is 3.01. The third kappa shape index (κ3) is 1.48. The molecule has 3 N–H and O–H groups in total. The molecule has 0 bridgehead atoms. The number of carbonyl (C=O) groups excluding carboxylic acids is 1. The molecule has 1 fully saturated rings. The predicted molar refractivity (Wildman–Crippen MR) is 39.4 cm³/mol. The van der Waals surface area contributed by atoms with E-state index in [2.05, 4.69) is 12.2 Å². The summed E-state index contributed by atoms with van der Waals surface area (Å²) in [5.74, 6) is -0.212. The molecule has 0 spiro atoms. The number of hydrogen-bond acceptors (Lipinski definition) is 2. The Morgan fingerprint density at radius 1 is 1.70 bits per heavy atom. The average Bonchev–Trinajstić information content (AvgIpc) is 2.34. The summed E-state index contributed by atoms with van der Waals surface area (Å²) in [6.07, 6.45) is 3.09. The van der Waals surface area contributed by atoms with Crippen molar-refractivity contribution >= 4 is 5.91 Å². The number of carbonyl (C=O) groups is 1.